The number of alkyl halides is 1. The lowest BCUT2D eigenvalue weighted by atomic mass is 9.96. The molecule has 0 N–H and O–H groups in total. The van der Waals surface area contributed by atoms with Gasteiger partial charge in [0, 0.05) is 18.4 Å². The van der Waals surface area contributed by atoms with Gasteiger partial charge in [0.05, 0.1) is 10.6 Å². The highest BCUT2D eigenvalue weighted by Gasteiger charge is 2.28. The van der Waals surface area contributed by atoms with E-state index >= 15 is 0 Å². The van der Waals surface area contributed by atoms with Crippen molar-refractivity contribution in [1.29, 1.82) is 0 Å². The van der Waals surface area contributed by atoms with Gasteiger partial charge in [0.15, 0.2) is 0 Å². The molecule has 1 aromatic carbocycles. The first-order chi connectivity index (χ1) is 8.88. The Hall–Kier alpha value is -0.800. The van der Waals surface area contributed by atoms with Gasteiger partial charge in [-0.3, -0.25) is 0 Å². The molecule has 0 saturated carbocycles. The molecular weight excluding hydrogens is 306 g/mol. The number of halogens is 1. The Morgan fingerprint density at radius 3 is 2.67 bits per heavy atom. The van der Waals surface area contributed by atoms with Crippen LogP contribution in [0.3, 0.4) is 0 Å². The van der Waals surface area contributed by atoms with Gasteiger partial charge in [-0.15, -0.1) is 11.3 Å². The van der Waals surface area contributed by atoms with E-state index in [1.807, 2.05) is 11.3 Å². The zero-order valence-corrected chi connectivity index (χ0v) is 12.6. The van der Waals surface area contributed by atoms with E-state index in [0.717, 1.165) is 11.2 Å². The van der Waals surface area contributed by atoms with Crippen molar-refractivity contribution in [1.82, 2.24) is 0 Å². The van der Waals surface area contributed by atoms with Gasteiger partial charge in [-0.05, 0) is 29.3 Å². The van der Waals surface area contributed by atoms with Crippen molar-refractivity contribution in [2.45, 2.75) is 6.42 Å². The number of benzene rings is 1. The summed E-state index contributed by atoms with van der Waals surface area (Å²) in [5.74, 6) is 0.868. The Bertz CT molecular complexity index is 502. The largest absolute Gasteiger partial charge is 0.370 e. The van der Waals surface area contributed by atoms with Crippen LogP contribution in [0.5, 0.6) is 0 Å². The molecule has 0 amide bonds. The highest BCUT2D eigenvalue weighted by atomic mass is 79.9. The summed E-state index contributed by atoms with van der Waals surface area (Å²) in [6, 6.07) is 13.0. The molecule has 1 saturated heterocycles. The van der Waals surface area contributed by atoms with Crippen LogP contribution in [0.25, 0.3) is 10.4 Å². The molecule has 1 aliphatic heterocycles. The summed E-state index contributed by atoms with van der Waals surface area (Å²) in [6.07, 6.45) is 1.29. The molecule has 94 valence electrons. The predicted molar refractivity (Wildman–Crippen MR) is 83.9 cm³/mol. The van der Waals surface area contributed by atoms with Crippen LogP contribution in [-0.2, 0) is 0 Å². The molecule has 0 radical (unpaired) electrons. The van der Waals surface area contributed by atoms with Crippen molar-refractivity contribution in [3.8, 4) is 10.4 Å². The lowest BCUT2D eigenvalue weighted by Crippen LogP contribution is -2.46. The van der Waals surface area contributed by atoms with E-state index in [9.17, 15) is 0 Å². The van der Waals surface area contributed by atoms with E-state index in [4.69, 9.17) is 0 Å². The normalized spacial score (nSPS) is 15.7. The molecule has 1 nitrogen and oxygen atoms in total. The fourth-order valence-electron chi connectivity index (χ4n) is 2.46. The second-order valence-electron chi connectivity index (χ2n) is 4.75. The number of rotatable bonds is 4. The first-order valence-corrected chi connectivity index (χ1v) is 8.32. The maximum atomic E-state index is 3.53. The summed E-state index contributed by atoms with van der Waals surface area (Å²) in [5, 5.41) is 3.33. The van der Waals surface area contributed by atoms with Gasteiger partial charge in [0.25, 0.3) is 0 Å². The Balaban J connectivity index is 1.77. The Morgan fingerprint density at radius 1 is 1.17 bits per heavy atom. The number of thiophene rings is 1. The summed E-state index contributed by atoms with van der Waals surface area (Å²) < 4.78 is 0. The SMILES string of the molecule is BrCCC1CN(c2ccsc2-c2ccccc2)C1. The molecule has 2 heterocycles. The molecule has 0 unspecified atom stereocenters. The molecule has 1 fully saturated rings. The van der Waals surface area contributed by atoms with Crippen LogP contribution in [0.4, 0.5) is 5.69 Å². The van der Waals surface area contributed by atoms with Crippen LogP contribution in [0.1, 0.15) is 6.42 Å². The van der Waals surface area contributed by atoms with Crippen LogP contribution in [0, 0.1) is 5.92 Å². The molecular formula is C15H16BrNS. The van der Waals surface area contributed by atoms with E-state index < -0.39 is 0 Å². The highest BCUT2D eigenvalue weighted by Crippen LogP contribution is 2.39. The molecule has 2 aromatic rings. The van der Waals surface area contributed by atoms with Crippen molar-refractivity contribution in [3.63, 3.8) is 0 Å². The zero-order valence-electron chi connectivity index (χ0n) is 10.2. The highest BCUT2D eigenvalue weighted by molar-refractivity contribution is 9.09. The average molecular weight is 322 g/mol. The summed E-state index contributed by atoms with van der Waals surface area (Å²) >= 11 is 5.37. The van der Waals surface area contributed by atoms with E-state index in [1.165, 1.54) is 35.6 Å². The maximum absolute atomic E-state index is 3.53. The Kier molecular flexibility index (Phi) is 3.71. The van der Waals surface area contributed by atoms with E-state index in [1.54, 1.807) is 0 Å². The van der Waals surface area contributed by atoms with Crippen LogP contribution in [-0.4, -0.2) is 18.4 Å². The molecule has 0 bridgehead atoms. The molecule has 18 heavy (non-hydrogen) atoms. The average Bonchev–Trinajstić information content (AvgIpc) is 2.83. The zero-order chi connectivity index (χ0) is 12.4. The molecule has 1 aromatic heterocycles. The molecule has 3 rings (SSSR count). The van der Waals surface area contributed by atoms with Crippen LogP contribution in [0.15, 0.2) is 41.8 Å². The Morgan fingerprint density at radius 2 is 1.94 bits per heavy atom. The topological polar surface area (TPSA) is 3.24 Å². The van der Waals surface area contributed by atoms with E-state index in [0.29, 0.717) is 0 Å². The van der Waals surface area contributed by atoms with Crippen molar-refractivity contribution in [2.24, 2.45) is 5.92 Å². The van der Waals surface area contributed by atoms with Gasteiger partial charge in [-0.25, -0.2) is 0 Å². The van der Waals surface area contributed by atoms with Gasteiger partial charge in [-0.1, -0.05) is 46.3 Å². The predicted octanol–water partition coefficient (Wildman–Crippen LogP) is 4.64. The number of hydrogen-bond acceptors (Lipinski definition) is 2. The van der Waals surface area contributed by atoms with Crippen molar-refractivity contribution in [2.75, 3.05) is 23.3 Å². The number of hydrogen-bond donors (Lipinski definition) is 0. The lowest BCUT2D eigenvalue weighted by molar-refractivity contribution is 0.403. The van der Waals surface area contributed by atoms with Gasteiger partial charge >= 0.3 is 0 Å². The van der Waals surface area contributed by atoms with Crippen LogP contribution in [0.2, 0.25) is 0 Å². The second kappa shape index (κ2) is 5.45. The van der Waals surface area contributed by atoms with Crippen LogP contribution < -0.4 is 4.90 Å². The van der Waals surface area contributed by atoms with E-state index in [-0.39, 0.29) is 0 Å². The molecule has 0 spiro atoms. The van der Waals surface area contributed by atoms with Crippen molar-refractivity contribution < 1.29 is 0 Å². The monoisotopic (exact) mass is 321 g/mol. The summed E-state index contributed by atoms with van der Waals surface area (Å²) in [6.45, 7) is 2.42. The second-order valence-corrected chi connectivity index (χ2v) is 6.46. The van der Waals surface area contributed by atoms with E-state index in [2.05, 4.69) is 62.6 Å². The van der Waals surface area contributed by atoms with Gasteiger partial charge in [-0.2, -0.15) is 0 Å². The number of anilines is 1. The third kappa shape index (κ3) is 2.34. The minimum Gasteiger partial charge on any atom is -0.370 e. The van der Waals surface area contributed by atoms with Crippen molar-refractivity contribution >= 4 is 33.0 Å². The Labute approximate surface area is 121 Å². The maximum Gasteiger partial charge on any atom is 0.0576 e. The minimum absolute atomic E-state index is 0.868. The van der Waals surface area contributed by atoms with Gasteiger partial charge in [0.1, 0.15) is 0 Å². The molecule has 1 aliphatic rings. The van der Waals surface area contributed by atoms with Gasteiger partial charge in [0.2, 0.25) is 0 Å². The van der Waals surface area contributed by atoms with Gasteiger partial charge < -0.3 is 4.90 Å². The summed E-state index contributed by atoms with van der Waals surface area (Å²) in [7, 11) is 0. The number of nitrogens with zero attached hydrogens (tertiary/aromatic N) is 1. The fraction of sp³-hybridized carbons (Fsp3) is 0.333. The standard InChI is InChI=1S/C15H16BrNS/c16-8-6-12-10-17(11-12)14-7-9-18-15(14)13-4-2-1-3-5-13/h1-5,7,9,12H,6,8,10-11H2. The van der Waals surface area contributed by atoms with Crippen molar-refractivity contribution in [3.05, 3.63) is 41.8 Å². The smallest absolute Gasteiger partial charge is 0.0576 e. The third-order valence-corrected chi connectivity index (χ3v) is 4.91. The lowest BCUT2D eigenvalue weighted by Gasteiger charge is -2.41. The first kappa shape index (κ1) is 12.2. The fourth-order valence-corrected chi connectivity index (χ4v) is 4.03. The van der Waals surface area contributed by atoms with Crippen LogP contribution >= 0.6 is 27.3 Å². The molecule has 0 aliphatic carbocycles. The minimum atomic E-state index is 0.868. The molecule has 3 heteroatoms. The molecule has 0 atom stereocenters. The third-order valence-electron chi connectivity index (χ3n) is 3.50. The summed E-state index contributed by atoms with van der Waals surface area (Å²) in [4.78, 5) is 3.92. The first-order valence-electron chi connectivity index (χ1n) is 6.32. The quantitative estimate of drug-likeness (QED) is 0.742. The summed E-state index contributed by atoms with van der Waals surface area (Å²) in [5.41, 5.74) is 2.75.